The van der Waals surface area contributed by atoms with Gasteiger partial charge < -0.3 is 15.4 Å². The summed E-state index contributed by atoms with van der Waals surface area (Å²) in [5, 5.41) is 21.6. The molecule has 6 nitrogen and oxygen atoms in total. The Bertz CT molecular complexity index is 744. The van der Waals surface area contributed by atoms with Gasteiger partial charge in [-0.1, -0.05) is 24.2 Å². The van der Waals surface area contributed by atoms with Gasteiger partial charge in [-0.15, -0.1) is 0 Å². The van der Waals surface area contributed by atoms with Crippen molar-refractivity contribution in [3.05, 3.63) is 0 Å². The number of nitrogens with zero attached hydrogens (tertiary/aromatic N) is 2. The molecule has 29 heavy (non-hydrogen) atoms. The molecule has 0 aromatic heterocycles. The van der Waals surface area contributed by atoms with Crippen molar-refractivity contribution >= 4 is 17.2 Å². The van der Waals surface area contributed by atoms with Gasteiger partial charge in [-0.3, -0.25) is 4.79 Å². The molecule has 4 aliphatic carbocycles. The lowest BCUT2D eigenvalue weighted by Gasteiger charge is -2.59. The highest BCUT2D eigenvalue weighted by atomic mass is 16.6. The van der Waals surface area contributed by atoms with E-state index in [-0.39, 0.29) is 22.9 Å². The van der Waals surface area contributed by atoms with Crippen LogP contribution in [0.2, 0.25) is 0 Å². The maximum absolute atomic E-state index is 12.6. The van der Waals surface area contributed by atoms with Crippen LogP contribution < -0.4 is 5.32 Å². The molecule has 2 N–H and O–H groups in total. The summed E-state index contributed by atoms with van der Waals surface area (Å²) in [6.07, 6.45) is 8.85. The average Bonchev–Trinajstić information content (AvgIpc) is 3.34. The van der Waals surface area contributed by atoms with Crippen LogP contribution in [-0.4, -0.2) is 41.6 Å². The first-order chi connectivity index (χ1) is 14.0. The Morgan fingerprint density at radius 2 is 1.97 bits per heavy atom. The number of rotatable bonds is 2. The minimum Gasteiger partial charge on any atom is -0.411 e. The Morgan fingerprint density at radius 1 is 1.10 bits per heavy atom. The van der Waals surface area contributed by atoms with Crippen molar-refractivity contribution in [1.82, 2.24) is 5.32 Å². The van der Waals surface area contributed by atoms with E-state index in [1.54, 1.807) is 0 Å². The number of carbonyl (C=O) groups excluding carboxylic acids is 1. The molecule has 0 amide bonds. The van der Waals surface area contributed by atoms with Crippen LogP contribution in [0.4, 0.5) is 0 Å². The van der Waals surface area contributed by atoms with Gasteiger partial charge in [0.25, 0.3) is 0 Å². The molecule has 0 aromatic rings. The molecular weight excluding hydrogens is 366 g/mol. The summed E-state index contributed by atoms with van der Waals surface area (Å²) >= 11 is 0. The molecule has 5 aliphatic rings. The fourth-order valence-electron chi connectivity index (χ4n) is 7.71. The third-order valence-electron chi connectivity index (χ3n) is 9.50. The Hall–Kier alpha value is -1.43. The molecule has 5 fully saturated rings. The highest BCUT2D eigenvalue weighted by molar-refractivity contribution is 5.96. The number of hydrogen-bond acceptors (Lipinski definition) is 6. The van der Waals surface area contributed by atoms with E-state index in [1.807, 2.05) is 0 Å². The molecule has 0 radical (unpaired) electrons. The fourth-order valence-corrected chi connectivity index (χ4v) is 7.71. The zero-order chi connectivity index (χ0) is 20.2. The van der Waals surface area contributed by atoms with E-state index >= 15 is 0 Å². The number of carbonyl (C=O) groups is 1. The number of fused-ring (bicyclic) bond motifs is 5. The van der Waals surface area contributed by atoms with Crippen LogP contribution in [0.25, 0.3) is 0 Å². The van der Waals surface area contributed by atoms with Gasteiger partial charge in [-0.2, -0.15) is 0 Å². The molecule has 7 atom stereocenters. The molecule has 0 spiro atoms. The third-order valence-corrected chi connectivity index (χ3v) is 9.50. The average molecular weight is 402 g/mol. The number of ketones is 1. The minimum atomic E-state index is -0.143. The quantitative estimate of drug-likeness (QED) is 0.545. The Morgan fingerprint density at radius 3 is 2.72 bits per heavy atom. The van der Waals surface area contributed by atoms with Crippen LogP contribution in [0, 0.1) is 34.5 Å². The largest absolute Gasteiger partial charge is 0.411 e. The molecule has 0 bridgehead atoms. The second-order valence-electron chi connectivity index (χ2n) is 10.7. The lowest BCUT2D eigenvalue weighted by atomic mass is 9.45. The summed E-state index contributed by atoms with van der Waals surface area (Å²) in [4.78, 5) is 18.4. The van der Waals surface area contributed by atoms with Crippen molar-refractivity contribution in [3.63, 3.8) is 0 Å². The normalized spacial score (nSPS) is 49.7. The summed E-state index contributed by atoms with van der Waals surface area (Å²) in [5.41, 5.74) is 2.05. The molecule has 1 heterocycles. The van der Waals surface area contributed by atoms with E-state index in [0.29, 0.717) is 23.5 Å². The van der Waals surface area contributed by atoms with Gasteiger partial charge in [-0.25, -0.2) is 0 Å². The van der Waals surface area contributed by atoms with Crippen molar-refractivity contribution in [2.75, 3.05) is 13.1 Å². The second-order valence-corrected chi connectivity index (χ2v) is 10.7. The van der Waals surface area contributed by atoms with Crippen LogP contribution >= 0.6 is 0 Å². The van der Waals surface area contributed by atoms with Gasteiger partial charge in [0.15, 0.2) is 0 Å². The zero-order valence-electron chi connectivity index (χ0n) is 17.8. The van der Waals surface area contributed by atoms with E-state index in [0.717, 1.165) is 82.3 Å². The molecule has 6 heteroatoms. The molecule has 5 rings (SSSR count). The van der Waals surface area contributed by atoms with Gasteiger partial charge in [0.05, 0.1) is 11.4 Å². The lowest BCUT2D eigenvalue weighted by molar-refractivity contribution is -0.133. The highest BCUT2D eigenvalue weighted by Crippen LogP contribution is 2.64. The van der Waals surface area contributed by atoms with Gasteiger partial charge in [0, 0.05) is 30.7 Å². The second kappa shape index (κ2) is 7.07. The van der Waals surface area contributed by atoms with Crippen LogP contribution in [0.3, 0.4) is 0 Å². The highest BCUT2D eigenvalue weighted by Gasteiger charge is 2.61. The summed E-state index contributed by atoms with van der Waals surface area (Å²) in [6, 6.07) is 0. The minimum absolute atomic E-state index is 0.130. The number of Topliss-reactive ketones (excluding diaryl/α,β-unsaturated/α-hetero) is 1. The Balaban J connectivity index is 1.38. The molecular formula is C23H35N3O3. The maximum atomic E-state index is 12.6. The lowest BCUT2D eigenvalue weighted by Crippen LogP contribution is -2.56. The van der Waals surface area contributed by atoms with E-state index < -0.39 is 0 Å². The summed E-state index contributed by atoms with van der Waals surface area (Å²) in [7, 11) is 0. The summed E-state index contributed by atoms with van der Waals surface area (Å²) < 4.78 is 0. The molecule has 1 aliphatic heterocycles. The van der Waals surface area contributed by atoms with Gasteiger partial charge in [-0.05, 0) is 74.7 Å². The summed E-state index contributed by atoms with van der Waals surface area (Å²) in [6.45, 7) is 6.50. The molecule has 1 unspecified atom stereocenters. The predicted molar refractivity (Wildman–Crippen MR) is 111 cm³/mol. The molecule has 160 valence electrons. The third kappa shape index (κ3) is 2.96. The van der Waals surface area contributed by atoms with Crippen molar-refractivity contribution < 1.29 is 14.8 Å². The monoisotopic (exact) mass is 401 g/mol. The molecule has 0 aromatic carbocycles. The number of nitrogens with one attached hydrogen (secondary N) is 1. The van der Waals surface area contributed by atoms with Crippen molar-refractivity contribution in [1.29, 1.82) is 0 Å². The van der Waals surface area contributed by atoms with E-state index in [4.69, 9.17) is 4.84 Å². The standard InChI is InChI=1S/C23H35N3O3/c1-22-8-5-14(26-29-15-7-10-24-13-15)11-19(22)20(25-28)12-16-17-3-4-21(27)23(17,2)9-6-18(16)22/h15-19,24,28H,3-13H2,1-2H3/b25-20+,26-14-/t15-,16+,17+,18+,19?,22-,23+/m1/s1. The van der Waals surface area contributed by atoms with E-state index in [2.05, 4.69) is 29.5 Å². The van der Waals surface area contributed by atoms with Crippen molar-refractivity contribution in [2.24, 2.45) is 44.8 Å². The van der Waals surface area contributed by atoms with Crippen LogP contribution in [0.1, 0.15) is 71.6 Å². The van der Waals surface area contributed by atoms with Crippen LogP contribution in [0.15, 0.2) is 10.3 Å². The van der Waals surface area contributed by atoms with Gasteiger partial charge in [0.2, 0.25) is 0 Å². The fraction of sp³-hybridized carbons (Fsp3) is 0.870. The number of hydrogen-bond donors (Lipinski definition) is 2. The van der Waals surface area contributed by atoms with Crippen LogP contribution in [-0.2, 0) is 9.63 Å². The topological polar surface area (TPSA) is 83.3 Å². The van der Waals surface area contributed by atoms with E-state index in [1.165, 1.54) is 0 Å². The number of oxime groups is 2. The summed E-state index contributed by atoms with van der Waals surface area (Å²) in [5.74, 6) is 2.26. The Labute approximate surface area is 173 Å². The first-order valence-corrected chi connectivity index (χ1v) is 11.6. The molecule has 4 saturated carbocycles. The SMILES string of the molecule is C[C@]12CC/C(=N/O[C@@H]3CCNC3)CC1/C(=N/O)C[C@@H]1[C@@H]2CC[C@]2(C)C(=O)CC[C@@H]12. The zero-order valence-corrected chi connectivity index (χ0v) is 17.8. The Kier molecular flexibility index (Phi) is 4.76. The van der Waals surface area contributed by atoms with Crippen molar-refractivity contribution in [2.45, 2.75) is 77.7 Å². The van der Waals surface area contributed by atoms with E-state index in [9.17, 15) is 10.0 Å². The molecule has 1 saturated heterocycles. The van der Waals surface area contributed by atoms with Gasteiger partial charge in [0.1, 0.15) is 11.9 Å². The first kappa shape index (κ1) is 19.5. The van der Waals surface area contributed by atoms with Gasteiger partial charge >= 0.3 is 0 Å². The van der Waals surface area contributed by atoms with Crippen molar-refractivity contribution in [3.8, 4) is 0 Å². The maximum Gasteiger partial charge on any atom is 0.141 e. The smallest absolute Gasteiger partial charge is 0.141 e. The predicted octanol–water partition coefficient (Wildman–Crippen LogP) is 3.77. The van der Waals surface area contributed by atoms with Crippen LogP contribution in [0.5, 0.6) is 0 Å². The first-order valence-electron chi connectivity index (χ1n) is 11.6.